The van der Waals surface area contributed by atoms with Crippen molar-refractivity contribution in [2.75, 3.05) is 4.90 Å². The maximum Gasteiger partial charge on any atom is 0.124 e. The van der Waals surface area contributed by atoms with Crippen LogP contribution in [0.3, 0.4) is 0 Å². The number of fused-ring (bicyclic) bond motifs is 5. The van der Waals surface area contributed by atoms with Crippen molar-refractivity contribution in [3.8, 4) is 21.7 Å². The van der Waals surface area contributed by atoms with E-state index in [0.717, 1.165) is 33.1 Å². The first-order chi connectivity index (χ1) is 25.3. The molecule has 0 aliphatic heterocycles. The summed E-state index contributed by atoms with van der Waals surface area (Å²) in [5.74, 6) is 0. The van der Waals surface area contributed by atoms with Gasteiger partial charge in [-0.2, -0.15) is 0 Å². The smallest absolute Gasteiger partial charge is 0.124 e. The van der Waals surface area contributed by atoms with Gasteiger partial charge < -0.3 is 4.90 Å². The van der Waals surface area contributed by atoms with Crippen molar-refractivity contribution in [2.45, 2.75) is 5.41 Å². The van der Waals surface area contributed by atoms with Crippen LogP contribution in [0.4, 0.5) is 17.1 Å². The quantitative estimate of drug-likeness (QED) is 0.175. The Morgan fingerprint density at radius 1 is 0.471 bits per heavy atom. The van der Waals surface area contributed by atoms with Gasteiger partial charge in [-0.25, -0.2) is 4.98 Å². The van der Waals surface area contributed by atoms with Gasteiger partial charge in [-0.15, -0.1) is 11.3 Å². The first kappa shape index (κ1) is 29.6. The molecule has 3 heteroatoms. The lowest BCUT2D eigenvalue weighted by atomic mass is 9.67. The second-order valence-corrected chi connectivity index (χ2v) is 14.2. The van der Waals surface area contributed by atoms with Gasteiger partial charge >= 0.3 is 0 Å². The van der Waals surface area contributed by atoms with Gasteiger partial charge in [0.25, 0.3) is 0 Å². The van der Waals surface area contributed by atoms with Gasteiger partial charge in [0.15, 0.2) is 0 Å². The molecule has 9 aromatic rings. The van der Waals surface area contributed by atoms with Crippen LogP contribution in [0.25, 0.3) is 42.7 Å². The molecule has 1 aromatic heterocycles. The highest BCUT2D eigenvalue weighted by atomic mass is 32.1. The lowest BCUT2D eigenvalue weighted by molar-refractivity contribution is 0.768. The average Bonchev–Trinajstić information content (AvgIpc) is 3.77. The van der Waals surface area contributed by atoms with Gasteiger partial charge in [-0.3, -0.25) is 0 Å². The zero-order valence-electron chi connectivity index (χ0n) is 27.8. The molecule has 10 rings (SSSR count). The molecule has 0 atom stereocenters. The molecule has 1 heterocycles. The molecule has 8 aromatic carbocycles. The predicted octanol–water partition coefficient (Wildman–Crippen LogP) is 12.9. The summed E-state index contributed by atoms with van der Waals surface area (Å²) in [6.07, 6.45) is 0. The third-order valence-electron chi connectivity index (χ3n) is 10.4. The maximum absolute atomic E-state index is 5.15. The SMILES string of the molecule is c1ccc(-c2nc3cc(N(c4ccc5c(c4)C(c4ccccc4)(c4ccccc4)c4ccccc4-5)c4cccc5ccccc45)ccc3s2)cc1. The second kappa shape index (κ2) is 11.9. The van der Waals surface area contributed by atoms with Crippen molar-refractivity contribution in [3.05, 3.63) is 216 Å². The van der Waals surface area contributed by atoms with Crippen molar-refractivity contribution in [1.29, 1.82) is 0 Å². The number of hydrogen-bond donors (Lipinski definition) is 0. The van der Waals surface area contributed by atoms with Crippen molar-refractivity contribution >= 4 is 49.4 Å². The summed E-state index contributed by atoms with van der Waals surface area (Å²) >= 11 is 1.74. The minimum Gasteiger partial charge on any atom is -0.310 e. The number of benzene rings is 8. The molecule has 0 saturated heterocycles. The average molecular weight is 669 g/mol. The molecule has 51 heavy (non-hydrogen) atoms. The fraction of sp³-hybridized carbons (Fsp3) is 0.0208. The molecule has 0 N–H and O–H groups in total. The summed E-state index contributed by atoms with van der Waals surface area (Å²) < 4.78 is 1.17. The van der Waals surface area contributed by atoms with Crippen LogP contribution < -0.4 is 4.90 Å². The van der Waals surface area contributed by atoms with Crippen LogP contribution in [0.1, 0.15) is 22.3 Å². The summed E-state index contributed by atoms with van der Waals surface area (Å²) in [4.78, 5) is 7.58. The number of nitrogens with zero attached hydrogens (tertiary/aromatic N) is 2. The standard InChI is InChI=1S/C48H32N2S/c1-4-16-34(17-5-1)47-49-44-32-38(28-30-46(44)51-47)50(45-26-14-18-33-15-10-11-23-39(33)45)37-27-29-41-40-24-12-13-25-42(40)48(43(41)31-37,35-19-6-2-7-20-35)36-21-8-3-9-22-36/h1-32H. The molecule has 0 unspecified atom stereocenters. The first-order valence-electron chi connectivity index (χ1n) is 17.4. The van der Waals surface area contributed by atoms with Crippen LogP contribution in [0, 0.1) is 0 Å². The monoisotopic (exact) mass is 668 g/mol. The molecule has 0 fully saturated rings. The van der Waals surface area contributed by atoms with E-state index in [1.165, 1.54) is 48.9 Å². The molecular formula is C48H32N2S. The van der Waals surface area contributed by atoms with Crippen LogP contribution >= 0.6 is 11.3 Å². The minimum absolute atomic E-state index is 0.488. The van der Waals surface area contributed by atoms with Gasteiger partial charge in [-0.05, 0) is 75.2 Å². The lowest BCUT2D eigenvalue weighted by Crippen LogP contribution is -2.28. The fourth-order valence-electron chi connectivity index (χ4n) is 8.16. The van der Waals surface area contributed by atoms with Gasteiger partial charge in [0.2, 0.25) is 0 Å². The maximum atomic E-state index is 5.15. The Balaban J connectivity index is 1.24. The van der Waals surface area contributed by atoms with Gasteiger partial charge in [0.05, 0.1) is 21.3 Å². The van der Waals surface area contributed by atoms with E-state index in [1.54, 1.807) is 11.3 Å². The molecule has 0 radical (unpaired) electrons. The highest BCUT2D eigenvalue weighted by molar-refractivity contribution is 7.21. The second-order valence-electron chi connectivity index (χ2n) is 13.1. The molecule has 0 bridgehead atoms. The van der Waals surface area contributed by atoms with Crippen molar-refractivity contribution in [3.63, 3.8) is 0 Å². The van der Waals surface area contributed by atoms with E-state index in [-0.39, 0.29) is 0 Å². The van der Waals surface area contributed by atoms with Crippen LogP contribution in [-0.2, 0) is 5.41 Å². The van der Waals surface area contributed by atoms with E-state index >= 15 is 0 Å². The molecule has 2 nitrogen and oxygen atoms in total. The molecule has 0 amide bonds. The molecular weight excluding hydrogens is 637 g/mol. The normalized spacial score (nSPS) is 12.9. The van der Waals surface area contributed by atoms with Gasteiger partial charge in [-0.1, -0.05) is 158 Å². The van der Waals surface area contributed by atoms with Crippen LogP contribution in [-0.4, -0.2) is 4.98 Å². The fourth-order valence-corrected chi connectivity index (χ4v) is 9.11. The van der Waals surface area contributed by atoms with E-state index in [0.29, 0.717) is 0 Å². The van der Waals surface area contributed by atoms with E-state index in [4.69, 9.17) is 4.98 Å². The third kappa shape index (κ3) is 4.66. The Hall–Kier alpha value is -6.29. The predicted molar refractivity (Wildman–Crippen MR) is 215 cm³/mol. The van der Waals surface area contributed by atoms with Crippen LogP contribution in [0.15, 0.2) is 194 Å². The largest absolute Gasteiger partial charge is 0.310 e. The van der Waals surface area contributed by atoms with Crippen LogP contribution in [0.2, 0.25) is 0 Å². The molecule has 1 aliphatic carbocycles. The van der Waals surface area contributed by atoms with E-state index in [2.05, 4.69) is 199 Å². The molecule has 1 aliphatic rings. The number of aromatic nitrogens is 1. The van der Waals surface area contributed by atoms with Crippen molar-refractivity contribution in [2.24, 2.45) is 0 Å². The Kier molecular flexibility index (Phi) is 6.93. The Morgan fingerprint density at radius 2 is 1.08 bits per heavy atom. The highest BCUT2D eigenvalue weighted by Crippen LogP contribution is 2.57. The van der Waals surface area contributed by atoms with E-state index < -0.39 is 5.41 Å². The number of anilines is 3. The summed E-state index contributed by atoms with van der Waals surface area (Å²) in [7, 11) is 0. The van der Waals surface area contributed by atoms with E-state index in [9.17, 15) is 0 Å². The van der Waals surface area contributed by atoms with Crippen molar-refractivity contribution in [1.82, 2.24) is 4.98 Å². The number of thiazole rings is 1. The Morgan fingerprint density at radius 3 is 1.86 bits per heavy atom. The van der Waals surface area contributed by atoms with Crippen molar-refractivity contribution < 1.29 is 0 Å². The molecule has 0 spiro atoms. The van der Waals surface area contributed by atoms with Crippen LogP contribution in [0.5, 0.6) is 0 Å². The summed E-state index contributed by atoms with van der Waals surface area (Å²) in [6.45, 7) is 0. The van der Waals surface area contributed by atoms with Gasteiger partial charge in [0.1, 0.15) is 5.01 Å². The highest BCUT2D eigenvalue weighted by Gasteiger charge is 2.46. The number of hydrogen-bond acceptors (Lipinski definition) is 3. The Bertz CT molecular complexity index is 2650. The molecule has 240 valence electrons. The summed E-state index contributed by atoms with van der Waals surface area (Å²) in [5.41, 5.74) is 12.6. The third-order valence-corrected chi connectivity index (χ3v) is 11.4. The van der Waals surface area contributed by atoms with E-state index in [1.807, 2.05) is 0 Å². The Labute approximate surface area is 301 Å². The molecule has 0 saturated carbocycles. The first-order valence-corrected chi connectivity index (χ1v) is 18.2. The zero-order chi connectivity index (χ0) is 33.8. The minimum atomic E-state index is -0.488. The van der Waals surface area contributed by atoms with Gasteiger partial charge in [0, 0.05) is 22.3 Å². The summed E-state index contributed by atoms with van der Waals surface area (Å²) in [6, 6.07) is 70.5. The number of rotatable bonds is 6. The summed E-state index contributed by atoms with van der Waals surface area (Å²) in [5, 5.41) is 3.44. The zero-order valence-corrected chi connectivity index (χ0v) is 28.6. The topological polar surface area (TPSA) is 16.1 Å². The lowest BCUT2D eigenvalue weighted by Gasteiger charge is -2.35.